The van der Waals surface area contributed by atoms with Gasteiger partial charge in [-0.05, 0) is 56.0 Å². The van der Waals surface area contributed by atoms with Crippen LogP contribution in [0.5, 0.6) is 0 Å². The van der Waals surface area contributed by atoms with Crippen LogP contribution in [-0.4, -0.2) is 30.4 Å². The number of amides is 1. The Hall–Kier alpha value is -1.06. The highest BCUT2D eigenvalue weighted by atomic mass is 35.5. The number of rotatable bonds is 4. The summed E-state index contributed by atoms with van der Waals surface area (Å²) >= 11 is 5.91. The summed E-state index contributed by atoms with van der Waals surface area (Å²) in [5.74, 6) is 0.832. The topological polar surface area (TPSA) is 32.3 Å². The Morgan fingerprint density at radius 3 is 3.00 bits per heavy atom. The fourth-order valence-electron chi connectivity index (χ4n) is 2.73. The van der Waals surface area contributed by atoms with Gasteiger partial charge in [-0.25, -0.2) is 0 Å². The maximum Gasteiger partial charge on any atom is 0.225 e. The first-order valence-corrected chi connectivity index (χ1v) is 7.71. The standard InChI is InChI=1S/C16H23ClN2O/c1-12-4-3-8-19(11-12)9-7-16(20)18-15-6-5-14(17)10-13(15)2/h5-6,10,12H,3-4,7-9,11H2,1-2H3,(H,18,20). The van der Waals surface area contributed by atoms with E-state index in [2.05, 4.69) is 17.1 Å². The SMILES string of the molecule is Cc1cc(Cl)ccc1NC(=O)CCN1CCCC(C)C1. The van der Waals surface area contributed by atoms with Gasteiger partial charge in [0.15, 0.2) is 0 Å². The summed E-state index contributed by atoms with van der Waals surface area (Å²) in [7, 11) is 0. The van der Waals surface area contributed by atoms with Gasteiger partial charge in [-0.2, -0.15) is 0 Å². The second-order valence-corrected chi connectivity index (χ2v) is 6.24. The first-order chi connectivity index (χ1) is 9.54. The second-order valence-electron chi connectivity index (χ2n) is 5.81. The molecule has 0 aliphatic carbocycles. The van der Waals surface area contributed by atoms with Gasteiger partial charge in [0.25, 0.3) is 0 Å². The predicted octanol–water partition coefficient (Wildman–Crippen LogP) is 3.71. The minimum absolute atomic E-state index is 0.0775. The molecule has 3 nitrogen and oxygen atoms in total. The molecule has 0 bridgehead atoms. The molecule has 20 heavy (non-hydrogen) atoms. The summed E-state index contributed by atoms with van der Waals surface area (Å²) in [4.78, 5) is 14.4. The molecule has 1 aromatic rings. The monoisotopic (exact) mass is 294 g/mol. The smallest absolute Gasteiger partial charge is 0.225 e. The maximum atomic E-state index is 12.0. The van der Waals surface area contributed by atoms with Crippen molar-refractivity contribution < 1.29 is 4.79 Å². The lowest BCUT2D eigenvalue weighted by atomic mass is 10.0. The number of nitrogens with one attached hydrogen (secondary N) is 1. The molecule has 1 aliphatic rings. The van der Waals surface area contributed by atoms with E-state index in [9.17, 15) is 4.79 Å². The third-order valence-corrected chi connectivity index (χ3v) is 4.09. The summed E-state index contributed by atoms with van der Waals surface area (Å²) in [5.41, 5.74) is 1.85. The first-order valence-electron chi connectivity index (χ1n) is 7.33. The van der Waals surface area contributed by atoms with Crippen LogP contribution in [0.4, 0.5) is 5.69 Å². The zero-order valence-electron chi connectivity index (χ0n) is 12.3. The number of aryl methyl sites for hydroxylation is 1. The Morgan fingerprint density at radius 1 is 1.50 bits per heavy atom. The Kier molecular flexibility index (Phi) is 5.44. The molecule has 2 rings (SSSR count). The van der Waals surface area contributed by atoms with E-state index >= 15 is 0 Å². The molecule has 0 radical (unpaired) electrons. The summed E-state index contributed by atoms with van der Waals surface area (Å²) in [6.07, 6.45) is 3.11. The summed E-state index contributed by atoms with van der Waals surface area (Å²) in [6, 6.07) is 5.53. The molecule has 1 aromatic carbocycles. The Morgan fingerprint density at radius 2 is 2.30 bits per heavy atom. The third-order valence-electron chi connectivity index (χ3n) is 3.86. The van der Waals surface area contributed by atoms with Gasteiger partial charge in [-0.15, -0.1) is 0 Å². The molecule has 0 aromatic heterocycles. The lowest BCUT2D eigenvalue weighted by Gasteiger charge is -2.30. The number of halogens is 1. The molecule has 1 heterocycles. The van der Waals surface area contributed by atoms with E-state index in [1.807, 2.05) is 19.1 Å². The van der Waals surface area contributed by atoms with E-state index in [1.54, 1.807) is 6.07 Å². The molecule has 1 saturated heterocycles. The van der Waals surface area contributed by atoms with Crippen LogP contribution in [0.2, 0.25) is 5.02 Å². The number of likely N-dealkylation sites (tertiary alicyclic amines) is 1. The number of piperidine rings is 1. The van der Waals surface area contributed by atoms with Gasteiger partial charge in [0, 0.05) is 30.2 Å². The quantitative estimate of drug-likeness (QED) is 0.918. The van der Waals surface area contributed by atoms with Gasteiger partial charge in [0.1, 0.15) is 0 Å². The molecule has 1 N–H and O–H groups in total. The Labute approximate surface area is 126 Å². The first kappa shape index (κ1) is 15.3. The molecule has 0 saturated carbocycles. The molecule has 1 fully saturated rings. The van der Waals surface area contributed by atoms with Crippen molar-refractivity contribution in [2.24, 2.45) is 5.92 Å². The van der Waals surface area contributed by atoms with Crippen molar-refractivity contribution in [2.45, 2.75) is 33.1 Å². The van der Waals surface area contributed by atoms with E-state index in [4.69, 9.17) is 11.6 Å². The average Bonchev–Trinajstić information content (AvgIpc) is 2.40. The molecular weight excluding hydrogens is 272 g/mol. The number of nitrogens with zero attached hydrogens (tertiary/aromatic N) is 1. The van der Waals surface area contributed by atoms with Crippen molar-refractivity contribution in [3.63, 3.8) is 0 Å². The average molecular weight is 295 g/mol. The van der Waals surface area contributed by atoms with Gasteiger partial charge in [-0.1, -0.05) is 18.5 Å². The fraction of sp³-hybridized carbons (Fsp3) is 0.562. The highest BCUT2D eigenvalue weighted by molar-refractivity contribution is 6.30. The largest absolute Gasteiger partial charge is 0.326 e. The minimum atomic E-state index is 0.0775. The van der Waals surface area contributed by atoms with Crippen LogP contribution in [0.3, 0.4) is 0 Å². The van der Waals surface area contributed by atoms with Gasteiger partial charge in [0.2, 0.25) is 5.91 Å². The number of carbonyl (C=O) groups excluding carboxylic acids is 1. The van der Waals surface area contributed by atoms with Crippen LogP contribution in [0, 0.1) is 12.8 Å². The summed E-state index contributed by atoms with van der Waals surface area (Å²) < 4.78 is 0. The number of anilines is 1. The molecule has 110 valence electrons. The maximum absolute atomic E-state index is 12.0. The highest BCUT2D eigenvalue weighted by Crippen LogP contribution is 2.20. The lowest BCUT2D eigenvalue weighted by Crippen LogP contribution is -2.36. The van der Waals surface area contributed by atoms with Crippen LogP contribution < -0.4 is 5.32 Å². The number of carbonyl (C=O) groups is 1. The number of hydrogen-bond acceptors (Lipinski definition) is 2. The second kappa shape index (κ2) is 7.09. The van der Waals surface area contributed by atoms with Crippen molar-refractivity contribution in [2.75, 3.05) is 25.0 Å². The van der Waals surface area contributed by atoms with Gasteiger partial charge in [-0.3, -0.25) is 4.79 Å². The Bertz CT molecular complexity index is 476. The molecule has 1 aliphatic heterocycles. The van der Waals surface area contributed by atoms with Crippen LogP contribution in [0.25, 0.3) is 0 Å². The van der Waals surface area contributed by atoms with Crippen LogP contribution in [0.1, 0.15) is 31.7 Å². The molecule has 1 unspecified atom stereocenters. The lowest BCUT2D eigenvalue weighted by molar-refractivity contribution is -0.116. The van der Waals surface area contributed by atoms with Crippen LogP contribution in [-0.2, 0) is 4.79 Å². The fourth-order valence-corrected chi connectivity index (χ4v) is 2.96. The van der Waals surface area contributed by atoms with Crippen molar-refractivity contribution in [1.29, 1.82) is 0 Å². The normalized spacial score (nSPS) is 19.9. The zero-order chi connectivity index (χ0) is 14.5. The third kappa shape index (κ3) is 4.50. The van der Waals surface area contributed by atoms with Crippen molar-refractivity contribution in [3.05, 3.63) is 28.8 Å². The summed E-state index contributed by atoms with van der Waals surface area (Å²) in [5, 5.41) is 3.66. The highest BCUT2D eigenvalue weighted by Gasteiger charge is 2.16. The van der Waals surface area contributed by atoms with Crippen molar-refractivity contribution in [3.8, 4) is 0 Å². The number of hydrogen-bond donors (Lipinski definition) is 1. The van der Waals surface area contributed by atoms with Gasteiger partial charge < -0.3 is 10.2 Å². The van der Waals surface area contributed by atoms with Crippen molar-refractivity contribution >= 4 is 23.2 Å². The molecular formula is C16H23ClN2O. The Balaban J connectivity index is 1.80. The zero-order valence-corrected chi connectivity index (χ0v) is 13.0. The minimum Gasteiger partial charge on any atom is -0.326 e. The van der Waals surface area contributed by atoms with Crippen molar-refractivity contribution in [1.82, 2.24) is 4.90 Å². The van der Waals surface area contributed by atoms with E-state index in [1.165, 1.54) is 12.8 Å². The van der Waals surface area contributed by atoms with E-state index in [0.717, 1.165) is 36.8 Å². The molecule has 0 spiro atoms. The van der Waals surface area contributed by atoms with Crippen LogP contribution in [0.15, 0.2) is 18.2 Å². The molecule has 1 amide bonds. The molecule has 1 atom stereocenters. The summed E-state index contributed by atoms with van der Waals surface area (Å²) in [6.45, 7) is 7.32. The van der Waals surface area contributed by atoms with E-state index in [0.29, 0.717) is 11.4 Å². The van der Waals surface area contributed by atoms with E-state index < -0.39 is 0 Å². The van der Waals surface area contributed by atoms with Gasteiger partial charge >= 0.3 is 0 Å². The predicted molar refractivity (Wildman–Crippen MR) is 84.3 cm³/mol. The number of benzene rings is 1. The van der Waals surface area contributed by atoms with Crippen LogP contribution >= 0.6 is 11.6 Å². The molecule has 4 heteroatoms. The van der Waals surface area contributed by atoms with Gasteiger partial charge in [0.05, 0.1) is 0 Å². The van der Waals surface area contributed by atoms with E-state index in [-0.39, 0.29) is 5.91 Å².